The van der Waals surface area contributed by atoms with E-state index in [-0.39, 0.29) is 5.95 Å². The van der Waals surface area contributed by atoms with Crippen LogP contribution in [0.2, 0.25) is 10.0 Å². The van der Waals surface area contributed by atoms with E-state index in [4.69, 9.17) is 28.9 Å². The Labute approximate surface area is 115 Å². The minimum absolute atomic E-state index is 0.206. The second kappa shape index (κ2) is 5.42. The van der Waals surface area contributed by atoms with Gasteiger partial charge >= 0.3 is 0 Å². The van der Waals surface area contributed by atoms with Gasteiger partial charge in [0.05, 0.1) is 6.20 Å². The summed E-state index contributed by atoms with van der Waals surface area (Å²) in [5.41, 5.74) is 6.66. The van der Waals surface area contributed by atoms with Gasteiger partial charge in [0.15, 0.2) is 5.82 Å². The molecule has 2 aromatic rings. The number of nitrogens with two attached hydrogens (primary N) is 1. The van der Waals surface area contributed by atoms with Crippen molar-refractivity contribution in [1.82, 2.24) is 9.97 Å². The number of hydrogen-bond donors (Lipinski definition) is 1. The molecule has 1 heterocycles. The number of rotatable bonds is 3. The molecular formula is C12H12Cl2N4. The summed E-state index contributed by atoms with van der Waals surface area (Å²) >= 11 is 11.9. The molecule has 0 unspecified atom stereocenters. The van der Waals surface area contributed by atoms with Crippen LogP contribution in [0, 0.1) is 0 Å². The summed E-state index contributed by atoms with van der Waals surface area (Å²) in [4.78, 5) is 9.86. The fraction of sp³-hybridized carbons (Fsp3) is 0.167. The highest BCUT2D eigenvalue weighted by Gasteiger charge is 2.09. The third-order valence-electron chi connectivity index (χ3n) is 2.44. The van der Waals surface area contributed by atoms with Crippen LogP contribution in [0.1, 0.15) is 5.56 Å². The monoisotopic (exact) mass is 282 g/mol. The molecule has 4 nitrogen and oxygen atoms in total. The first-order valence-electron chi connectivity index (χ1n) is 5.30. The van der Waals surface area contributed by atoms with E-state index < -0.39 is 0 Å². The van der Waals surface area contributed by atoms with Crippen LogP contribution in [-0.2, 0) is 6.54 Å². The number of benzene rings is 1. The maximum atomic E-state index is 6.04. The van der Waals surface area contributed by atoms with Gasteiger partial charge in [0.25, 0.3) is 0 Å². The normalized spacial score (nSPS) is 10.4. The maximum absolute atomic E-state index is 6.04. The van der Waals surface area contributed by atoms with Crippen LogP contribution < -0.4 is 10.6 Å². The fourth-order valence-corrected chi connectivity index (χ4v) is 1.94. The molecule has 1 aromatic heterocycles. The average Bonchev–Trinajstić information content (AvgIpc) is 2.35. The van der Waals surface area contributed by atoms with Crippen molar-refractivity contribution in [3.05, 3.63) is 46.1 Å². The van der Waals surface area contributed by atoms with Crippen molar-refractivity contribution in [2.75, 3.05) is 17.7 Å². The molecule has 0 aliphatic heterocycles. The minimum atomic E-state index is 0.206. The minimum Gasteiger partial charge on any atom is -0.368 e. The highest BCUT2D eigenvalue weighted by Crippen LogP contribution is 2.23. The smallest absolute Gasteiger partial charge is 0.222 e. The zero-order chi connectivity index (χ0) is 13.1. The van der Waals surface area contributed by atoms with Gasteiger partial charge in [-0.25, -0.2) is 4.98 Å². The third kappa shape index (κ3) is 3.03. The number of nitrogens with zero attached hydrogens (tertiary/aromatic N) is 3. The van der Waals surface area contributed by atoms with Crippen molar-refractivity contribution in [3.63, 3.8) is 0 Å². The molecule has 0 radical (unpaired) electrons. The highest BCUT2D eigenvalue weighted by atomic mass is 35.5. The largest absolute Gasteiger partial charge is 0.368 e. The summed E-state index contributed by atoms with van der Waals surface area (Å²) in [6.45, 7) is 0.660. The summed E-state index contributed by atoms with van der Waals surface area (Å²) in [7, 11) is 1.89. The molecule has 0 saturated carbocycles. The molecule has 0 saturated heterocycles. The summed E-state index contributed by atoms with van der Waals surface area (Å²) in [6, 6.07) is 7.61. The molecule has 94 valence electrons. The second-order valence-corrected chi connectivity index (χ2v) is 4.73. The van der Waals surface area contributed by atoms with Crippen LogP contribution in [0.5, 0.6) is 0 Å². The van der Waals surface area contributed by atoms with Crippen molar-refractivity contribution in [1.29, 1.82) is 0 Å². The molecule has 0 spiro atoms. The first kappa shape index (κ1) is 12.9. The van der Waals surface area contributed by atoms with E-state index >= 15 is 0 Å². The summed E-state index contributed by atoms with van der Waals surface area (Å²) in [5.74, 6) is 0.816. The Hall–Kier alpha value is -1.52. The van der Waals surface area contributed by atoms with E-state index in [1.165, 1.54) is 6.20 Å². The van der Waals surface area contributed by atoms with Gasteiger partial charge in [-0.1, -0.05) is 35.3 Å². The van der Waals surface area contributed by atoms with E-state index in [1.807, 2.05) is 36.2 Å². The quantitative estimate of drug-likeness (QED) is 0.940. The number of anilines is 2. The Balaban J connectivity index is 2.18. The van der Waals surface area contributed by atoms with E-state index in [2.05, 4.69) is 9.97 Å². The molecule has 0 aliphatic carbocycles. The summed E-state index contributed by atoms with van der Waals surface area (Å²) in [6.07, 6.45) is 1.50. The standard InChI is InChI=1S/C12H12Cl2N4/c1-18(7-8-2-4-9(13)5-3-8)11-10(14)6-16-12(15)17-11/h2-6H,7H2,1H3,(H2,15,16,17). The van der Waals surface area contributed by atoms with Crippen molar-refractivity contribution < 1.29 is 0 Å². The lowest BCUT2D eigenvalue weighted by Crippen LogP contribution is -2.18. The molecule has 2 rings (SSSR count). The van der Waals surface area contributed by atoms with E-state index in [0.717, 1.165) is 5.56 Å². The molecule has 0 fully saturated rings. The SMILES string of the molecule is CN(Cc1ccc(Cl)cc1)c1nc(N)ncc1Cl. The Bertz CT molecular complexity index is 542. The second-order valence-electron chi connectivity index (χ2n) is 3.88. The average molecular weight is 283 g/mol. The van der Waals surface area contributed by atoms with Gasteiger partial charge in [-0.15, -0.1) is 0 Å². The number of aromatic nitrogens is 2. The lowest BCUT2D eigenvalue weighted by Gasteiger charge is -2.19. The molecule has 1 aromatic carbocycles. The molecule has 0 aliphatic rings. The highest BCUT2D eigenvalue weighted by molar-refractivity contribution is 6.32. The summed E-state index contributed by atoms with van der Waals surface area (Å²) < 4.78 is 0. The fourth-order valence-electron chi connectivity index (χ4n) is 1.58. The molecule has 18 heavy (non-hydrogen) atoms. The Morgan fingerprint density at radius 1 is 1.22 bits per heavy atom. The van der Waals surface area contributed by atoms with Crippen LogP contribution in [0.15, 0.2) is 30.5 Å². The first-order valence-corrected chi connectivity index (χ1v) is 6.05. The topological polar surface area (TPSA) is 55.0 Å². The number of halogens is 2. The number of hydrogen-bond acceptors (Lipinski definition) is 4. The van der Waals surface area contributed by atoms with Gasteiger partial charge in [-0.05, 0) is 17.7 Å². The van der Waals surface area contributed by atoms with Crippen LogP contribution >= 0.6 is 23.2 Å². The van der Waals surface area contributed by atoms with Gasteiger partial charge in [0, 0.05) is 18.6 Å². The Kier molecular flexibility index (Phi) is 3.89. The predicted octanol–water partition coefficient (Wildman–Crippen LogP) is 3.00. The van der Waals surface area contributed by atoms with Gasteiger partial charge in [-0.2, -0.15) is 4.98 Å². The van der Waals surface area contributed by atoms with E-state index in [1.54, 1.807) is 0 Å². The maximum Gasteiger partial charge on any atom is 0.222 e. The molecule has 0 atom stereocenters. The van der Waals surface area contributed by atoms with Crippen molar-refractivity contribution in [3.8, 4) is 0 Å². The lowest BCUT2D eigenvalue weighted by atomic mass is 10.2. The first-order chi connectivity index (χ1) is 8.56. The molecule has 0 bridgehead atoms. The molecule has 2 N–H and O–H groups in total. The van der Waals surface area contributed by atoms with Crippen LogP contribution in [0.4, 0.5) is 11.8 Å². The van der Waals surface area contributed by atoms with Gasteiger partial charge in [-0.3, -0.25) is 0 Å². The van der Waals surface area contributed by atoms with Gasteiger partial charge < -0.3 is 10.6 Å². The Morgan fingerprint density at radius 3 is 2.56 bits per heavy atom. The predicted molar refractivity (Wildman–Crippen MR) is 75.0 cm³/mol. The molecule has 0 amide bonds. The van der Waals surface area contributed by atoms with Crippen LogP contribution in [0.25, 0.3) is 0 Å². The van der Waals surface area contributed by atoms with E-state index in [9.17, 15) is 0 Å². The van der Waals surface area contributed by atoms with Gasteiger partial charge in [0.1, 0.15) is 5.02 Å². The zero-order valence-electron chi connectivity index (χ0n) is 9.77. The van der Waals surface area contributed by atoms with Crippen molar-refractivity contribution in [2.24, 2.45) is 0 Å². The van der Waals surface area contributed by atoms with Crippen LogP contribution in [-0.4, -0.2) is 17.0 Å². The number of nitrogen functional groups attached to an aromatic ring is 1. The molecular weight excluding hydrogens is 271 g/mol. The van der Waals surface area contributed by atoms with Crippen LogP contribution in [0.3, 0.4) is 0 Å². The third-order valence-corrected chi connectivity index (χ3v) is 2.96. The lowest BCUT2D eigenvalue weighted by molar-refractivity contribution is 0.894. The molecule has 6 heteroatoms. The van der Waals surface area contributed by atoms with E-state index in [0.29, 0.717) is 22.4 Å². The van der Waals surface area contributed by atoms with Crippen molar-refractivity contribution >= 4 is 35.0 Å². The summed E-state index contributed by atoms with van der Waals surface area (Å²) in [5, 5.41) is 1.19. The Morgan fingerprint density at radius 2 is 1.89 bits per heavy atom. The van der Waals surface area contributed by atoms with Crippen molar-refractivity contribution in [2.45, 2.75) is 6.54 Å². The van der Waals surface area contributed by atoms with Gasteiger partial charge in [0.2, 0.25) is 5.95 Å². The zero-order valence-corrected chi connectivity index (χ0v) is 11.3.